The monoisotopic (exact) mass is 265 g/mol. The van der Waals surface area contributed by atoms with E-state index in [1.165, 1.54) is 5.56 Å². The van der Waals surface area contributed by atoms with E-state index in [-0.39, 0.29) is 12.3 Å². The van der Waals surface area contributed by atoms with E-state index in [4.69, 9.17) is 9.57 Å². The molecule has 106 valence electrons. The van der Waals surface area contributed by atoms with Gasteiger partial charge in [0.05, 0.1) is 19.6 Å². The van der Waals surface area contributed by atoms with Crippen molar-refractivity contribution < 1.29 is 14.4 Å². The lowest BCUT2D eigenvalue weighted by Gasteiger charge is -2.11. The minimum absolute atomic E-state index is 0.161. The molecule has 0 aliphatic heterocycles. The Labute approximate surface area is 115 Å². The molecule has 19 heavy (non-hydrogen) atoms. The number of rotatable bonds is 7. The zero-order valence-electron chi connectivity index (χ0n) is 12.2. The molecule has 4 heteroatoms. The average Bonchev–Trinajstić information content (AvgIpc) is 2.34. The molecule has 0 saturated carbocycles. The van der Waals surface area contributed by atoms with Gasteiger partial charge in [-0.05, 0) is 37.0 Å². The first-order valence-electron chi connectivity index (χ1n) is 6.60. The SMILES string of the molecule is Cc1cccc(OCCC(=O)NOCC(C)C)c1C. The average molecular weight is 265 g/mol. The summed E-state index contributed by atoms with van der Waals surface area (Å²) in [5, 5.41) is 0. The number of carbonyl (C=O) groups excluding carboxylic acids is 1. The second-order valence-electron chi connectivity index (χ2n) is 5.03. The van der Waals surface area contributed by atoms with Crippen LogP contribution in [-0.4, -0.2) is 19.1 Å². The van der Waals surface area contributed by atoms with E-state index in [0.29, 0.717) is 19.1 Å². The molecule has 0 saturated heterocycles. The molecule has 1 N–H and O–H groups in total. The van der Waals surface area contributed by atoms with Crippen molar-refractivity contribution >= 4 is 5.91 Å². The van der Waals surface area contributed by atoms with Gasteiger partial charge in [-0.15, -0.1) is 0 Å². The first kappa shape index (κ1) is 15.5. The van der Waals surface area contributed by atoms with Gasteiger partial charge in [0.15, 0.2) is 0 Å². The third-order valence-corrected chi connectivity index (χ3v) is 2.74. The maximum absolute atomic E-state index is 11.5. The van der Waals surface area contributed by atoms with Gasteiger partial charge in [-0.3, -0.25) is 9.63 Å². The van der Waals surface area contributed by atoms with Crippen molar-refractivity contribution in [3.05, 3.63) is 29.3 Å². The van der Waals surface area contributed by atoms with Gasteiger partial charge >= 0.3 is 0 Å². The number of ether oxygens (including phenoxy) is 1. The van der Waals surface area contributed by atoms with Crippen molar-refractivity contribution in [2.75, 3.05) is 13.2 Å². The van der Waals surface area contributed by atoms with Crippen LogP contribution in [-0.2, 0) is 9.63 Å². The highest BCUT2D eigenvalue weighted by Gasteiger charge is 2.05. The highest BCUT2D eigenvalue weighted by Crippen LogP contribution is 2.20. The molecule has 0 atom stereocenters. The van der Waals surface area contributed by atoms with E-state index in [9.17, 15) is 4.79 Å². The van der Waals surface area contributed by atoms with Gasteiger partial charge in [-0.1, -0.05) is 26.0 Å². The summed E-state index contributed by atoms with van der Waals surface area (Å²) in [6, 6.07) is 5.90. The molecule has 0 aliphatic rings. The van der Waals surface area contributed by atoms with Gasteiger partial charge in [-0.2, -0.15) is 0 Å². The standard InChI is InChI=1S/C15H23NO3/c1-11(2)10-19-16-15(17)8-9-18-14-7-5-6-12(3)13(14)4/h5-7,11H,8-10H2,1-4H3,(H,16,17). The zero-order chi connectivity index (χ0) is 14.3. The maximum atomic E-state index is 11.5. The highest BCUT2D eigenvalue weighted by molar-refractivity contribution is 5.74. The molecule has 1 amide bonds. The smallest absolute Gasteiger partial charge is 0.246 e. The minimum Gasteiger partial charge on any atom is -0.493 e. The molecule has 1 aromatic carbocycles. The third kappa shape index (κ3) is 5.75. The molecule has 0 aliphatic carbocycles. The number of hydrogen-bond acceptors (Lipinski definition) is 3. The van der Waals surface area contributed by atoms with Gasteiger partial charge in [-0.25, -0.2) is 5.48 Å². The number of benzene rings is 1. The lowest BCUT2D eigenvalue weighted by Crippen LogP contribution is -2.26. The van der Waals surface area contributed by atoms with Crippen molar-refractivity contribution in [2.45, 2.75) is 34.1 Å². The normalized spacial score (nSPS) is 10.6. The second kappa shape index (κ2) is 7.79. The number of hydroxylamine groups is 1. The Morgan fingerprint density at radius 3 is 2.74 bits per heavy atom. The lowest BCUT2D eigenvalue weighted by molar-refractivity contribution is -0.134. The number of amides is 1. The fraction of sp³-hybridized carbons (Fsp3) is 0.533. The van der Waals surface area contributed by atoms with Crippen molar-refractivity contribution in [2.24, 2.45) is 5.92 Å². The van der Waals surface area contributed by atoms with E-state index >= 15 is 0 Å². The van der Waals surface area contributed by atoms with Crippen molar-refractivity contribution in [3.63, 3.8) is 0 Å². The molecule has 0 aromatic heterocycles. The Hall–Kier alpha value is -1.55. The van der Waals surface area contributed by atoms with Crippen molar-refractivity contribution in [3.8, 4) is 5.75 Å². The summed E-state index contributed by atoms with van der Waals surface area (Å²) in [6.45, 7) is 8.96. The maximum Gasteiger partial charge on any atom is 0.246 e. The van der Waals surface area contributed by atoms with Crippen LogP contribution >= 0.6 is 0 Å². The second-order valence-corrected chi connectivity index (χ2v) is 5.03. The van der Waals surface area contributed by atoms with Crippen LogP contribution in [0.4, 0.5) is 0 Å². The Morgan fingerprint density at radius 1 is 1.32 bits per heavy atom. The number of nitrogens with one attached hydrogen (secondary N) is 1. The Kier molecular flexibility index (Phi) is 6.36. The first-order chi connectivity index (χ1) is 9.00. The van der Waals surface area contributed by atoms with Crippen molar-refractivity contribution in [1.29, 1.82) is 0 Å². The summed E-state index contributed by atoms with van der Waals surface area (Å²) in [6.07, 6.45) is 0.283. The number of aryl methyl sites for hydroxylation is 1. The van der Waals surface area contributed by atoms with E-state index in [1.807, 2.05) is 45.9 Å². The fourth-order valence-electron chi connectivity index (χ4n) is 1.47. The third-order valence-electron chi connectivity index (χ3n) is 2.74. The molecule has 0 fully saturated rings. The van der Waals surface area contributed by atoms with Gasteiger partial charge in [0, 0.05) is 0 Å². The first-order valence-corrected chi connectivity index (χ1v) is 6.60. The topological polar surface area (TPSA) is 47.6 Å². The Bertz CT molecular complexity index is 416. The Balaban J connectivity index is 2.26. The summed E-state index contributed by atoms with van der Waals surface area (Å²) in [5.41, 5.74) is 4.70. The van der Waals surface area contributed by atoms with E-state index in [0.717, 1.165) is 11.3 Å². The zero-order valence-corrected chi connectivity index (χ0v) is 12.2. The van der Waals surface area contributed by atoms with E-state index in [1.54, 1.807) is 0 Å². The van der Waals surface area contributed by atoms with Gasteiger partial charge in [0.25, 0.3) is 0 Å². The minimum atomic E-state index is -0.161. The van der Waals surface area contributed by atoms with Gasteiger partial charge in [0.2, 0.25) is 5.91 Å². The Morgan fingerprint density at radius 2 is 2.05 bits per heavy atom. The molecule has 0 spiro atoms. The molecule has 0 radical (unpaired) electrons. The van der Waals surface area contributed by atoms with Gasteiger partial charge < -0.3 is 4.74 Å². The van der Waals surface area contributed by atoms with Crippen LogP contribution in [0.25, 0.3) is 0 Å². The largest absolute Gasteiger partial charge is 0.493 e. The molecule has 1 rings (SSSR count). The van der Waals surface area contributed by atoms with Crippen LogP contribution in [0.1, 0.15) is 31.4 Å². The highest BCUT2D eigenvalue weighted by atomic mass is 16.7. The summed E-state index contributed by atoms with van der Waals surface area (Å²) in [4.78, 5) is 16.5. The van der Waals surface area contributed by atoms with Crippen LogP contribution in [0.15, 0.2) is 18.2 Å². The predicted molar refractivity (Wildman–Crippen MR) is 75.0 cm³/mol. The number of hydrogen-bond donors (Lipinski definition) is 1. The van der Waals surface area contributed by atoms with Crippen molar-refractivity contribution in [1.82, 2.24) is 5.48 Å². The van der Waals surface area contributed by atoms with Crippen LogP contribution in [0.3, 0.4) is 0 Å². The molecule has 0 bridgehead atoms. The van der Waals surface area contributed by atoms with E-state index in [2.05, 4.69) is 5.48 Å². The van der Waals surface area contributed by atoms with E-state index < -0.39 is 0 Å². The molecular formula is C15H23NO3. The molecule has 1 aromatic rings. The molecular weight excluding hydrogens is 242 g/mol. The fourth-order valence-corrected chi connectivity index (χ4v) is 1.47. The predicted octanol–water partition coefficient (Wildman–Crippen LogP) is 2.78. The summed E-state index contributed by atoms with van der Waals surface area (Å²) in [7, 11) is 0. The van der Waals surface area contributed by atoms with Crippen LogP contribution in [0.5, 0.6) is 5.75 Å². The van der Waals surface area contributed by atoms with Crippen LogP contribution in [0, 0.1) is 19.8 Å². The summed E-state index contributed by atoms with van der Waals surface area (Å²) in [5.74, 6) is 1.06. The molecule has 0 unspecified atom stereocenters. The van der Waals surface area contributed by atoms with Crippen LogP contribution in [0.2, 0.25) is 0 Å². The summed E-state index contributed by atoms with van der Waals surface area (Å²) >= 11 is 0. The number of carbonyl (C=O) groups is 1. The lowest BCUT2D eigenvalue weighted by atomic mass is 10.1. The van der Waals surface area contributed by atoms with Crippen LogP contribution < -0.4 is 10.2 Å². The molecule has 0 heterocycles. The quantitative estimate of drug-likeness (QED) is 0.771. The molecule has 4 nitrogen and oxygen atoms in total. The summed E-state index contributed by atoms with van der Waals surface area (Å²) < 4.78 is 5.60. The van der Waals surface area contributed by atoms with Gasteiger partial charge in [0.1, 0.15) is 5.75 Å².